The highest BCUT2D eigenvalue weighted by Gasteiger charge is 2.19. The molecular weight excluding hydrogens is 216 g/mol. The lowest BCUT2D eigenvalue weighted by molar-refractivity contribution is 0.448. The van der Waals surface area contributed by atoms with Crippen molar-refractivity contribution in [3.05, 3.63) is 16.1 Å². The Morgan fingerprint density at radius 1 is 1.38 bits per heavy atom. The van der Waals surface area contributed by atoms with Crippen LogP contribution in [-0.4, -0.2) is 17.6 Å². The van der Waals surface area contributed by atoms with Crippen molar-refractivity contribution in [3.63, 3.8) is 0 Å². The van der Waals surface area contributed by atoms with Crippen molar-refractivity contribution in [2.45, 2.75) is 58.9 Å². The van der Waals surface area contributed by atoms with Gasteiger partial charge in [0, 0.05) is 17.3 Å². The van der Waals surface area contributed by atoms with Crippen molar-refractivity contribution >= 4 is 11.3 Å². The first kappa shape index (κ1) is 13.7. The lowest BCUT2D eigenvalue weighted by atomic mass is 9.99. The third-order valence-corrected chi connectivity index (χ3v) is 4.03. The molecule has 92 valence electrons. The Morgan fingerprint density at radius 3 is 2.62 bits per heavy atom. The van der Waals surface area contributed by atoms with E-state index >= 15 is 0 Å². The van der Waals surface area contributed by atoms with Crippen molar-refractivity contribution in [2.75, 3.05) is 6.54 Å². The minimum absolute atomic E-state index is 0.529. The summed E-state index contributed by atoms with van der Waals surface area (Å²) >= 11 is 1.82. The molecule has 0 bridgehead atoms. The molecule has 0 aliphatic carbocycles. The summed E-state index contributed by atoms with van der Waals surface area (Å²) in [6.45, 7) is 10.0. The summed E-state index contributed by atoms with van der Waals surface area (Å²) in [4.78, 5) is 4.71. The zero-order valence-electron chi connectivity index (χ0n) is 10.9. The predicted molar refractivity (Wildman–Crippen MR) is 72.3 cm³/mol. The summed E-state index contributed by atoms with van der Waals surface area (Å²) in [5.41, 5.74) is 1.24. The van der Waals surface area contributed by atoms with Crippen LogP contribution in [0.1, 0.15) is 57.2 Å². The van der Waals surface area contributed by atoms with Crippen molar-refractivity contribution in [2.24, 2.45) is 0 Å². The molecular formula is C13H24N2S. The molecule has 0 radical (unpaired) electrons. The first-order valence-electron chi connectivity index (χ1n) is 6.40. The predicted octanol–water partition coefficient (Wildman–Crippen LogP) is 3.59. The molecule has 0 aliphatic heterocycles. The highest BCUT2D eigenvalue weighted by Crippen LogP contribution is 2.26. The number of aryl methyl sites for hydroxylation is 1. The van der Waals surface area contributed by atoms with E-state index in [9.17, 15) is 0 Å². The standard InChI is InChI=1S/C13H24N2S/c1-5-8-14-10(4)12(7-3)13-15-11(6-2)9-16-13/h9-10,12,14H,5-8H2,1-4H3. The van der Waals surface area contributed by atoms with Crippen molar-refractivity contribution in [1.82, 2.24) is 10.3 Å². The van der Waals surface area contributed by atoms with Crippen LogP contribution in [0.2, 0.25) is 0 Å². The Labute approximate surface area is 103 Å². The average Bonchev–Trinajstić information content (AvgIpc) is 2.76. The number of thiazole rings is 1. The lowest BCUT2D eigenvalue weighted by Gasteiger charge is -2.21. The van der Waals surface area contributed by atoms with Gasteiger partial charge in [-0.05, 0) is 32.7 Å². The van der Waals surface area contributed by atoms with Gasteiger partial charge in [-0.25, -0.2) is 4.98 Å². The van der Waals surface area contributed by atoms with Gasteiger partial charge < -0.3 is 5.32 Å². The van der Waals surface area contributed by atoms with Crippen LogP contribution >= 0.6 is 11.3 Å². The van der Waals surface area contributed by atoms with E-state index in [1.54, 1.807) is 0 Å². The fourth-order valence-corrected chi connectivity index (χ4v) is 3.10. The molecule has 1 aromatic rings. The SMILES string of the molecule is CCCNC(C)C(CC)c1nc(CC)cs1. The minimum atomic E-state index is 0.529. The van der Waals surface area contributed by atoms with Gasteiger partial charge in [-0.1, -0.05) is 20.8 Å². The number of aromatic nitrogens is 1. The summed E-state index contributed by atoms with van der Waals surface area (Å²) < 4.78 is 0. The molecule has 2 nitrogen and oxygen atoms in total. The van der Waals surface area contributed by atoms with E-state index in [1.165, 1.54) is 17.1 Å². The molecule has 0 amide bonds. The maximum atomic E-state index is 4.71. The van der Waals surface area contributed by atoms with Gasteiger partial charge in [0.25, 0.3) is 0 Å². The van der Waals surface area contributed by atoms with Gasteiger partial charge in [-0.15, -0.1) is 11.3 Å². The Hall–Kier alpha value is -0.410. The van der Waals surface area contributed by atoms with Crippen LogP contribution in [0.5, 0.6) is 0 Å². The maximum Gasteiger partial charge on any atom is 0.0974 e. The summed E-state index contributed by atoms with van der Waals surface area (Å²) in [7, 11) is 0. The van der Waals surface area contributed by atoms with E-state index in [-0.39, 0.29) is 0 Å². The smallest absolute Gasteiger partial charge is 0.0974 e. The zero-order chi connectivity index (χ0) is 12.0. The minimum Gasteiger partial charge on any atom is -0.314 e. The number of nitrogens with one attached hydrogen (secondary N) is 1. The van der Waals surface area contributed by atoms with Gasteiger partial charge in [-0.3, -0.25) is 0 Å². The zero-order valence-corrected chi connectivity index (χ0v) is 11.7. The van der Waals surface area contributed by atoms with E-state index in [1.807, 2.05) is 11.3 Å². The molecule has 16 heavy (non-hydrogen) atoms. The fourth-order valence-electron chi connectivity index (χ4n) is 1.91. The monoisotopic (exact) mass is 240 g/mol. The van der Waals surface area contributed by atoms with Crippen LogP contribution in [0, 0.1) is 0 Å². The van der Waals surface area contributed by atoms with E-state index in [2.05, 4.69) is 38.4 Å². The Balaban J connectivity index is 2.65. The van der Waals surface area contributed by atoms with Crippen molar-refractivity contribution < 1.29 is 0 Å². The molecule has 1 heterocycles. The van der Waals surface area contributed by atoms with Crippen molar-refractivity contribution in [1.29, 1.82) is 0 Å². The molecule has 0 saturated heterocycles. The topological polar surface area (TPSA) is 24.9 Å². The van der Waals surface area contributed by atoms with Crippen LogP contribution in [0.3, 0.4) is 0 Å². The van der Waals surface area contributed by atoms with E-state index in [4.69, 9.17) is 4.98 Å². The van der Waals surface area contributed by atoms with Crippen LogP contribution in [0.15, 0.2) is 5.38 Å². The second-order valence-corrected chi connectivity index (χ2v) is 5.18. The molecule has 0 aromatic carbocycles. The van der Waals surface area contributed by atoms with Gasteiger partial charge >= 0.3 is 0 Å². The van der Waals surface area contributed by atoms with Gasteiger partial charge in [0.1, 0.15) is 0 Å². The Kier molecular flexibility index (Phi) is 5.99. The second kappa shape index (κ2) is 7.02. The summed E-state index contributed by atoms with van der Waals surface area (Å²) in [6, 6.07) is 0.529. The Bertz CT molecular complexity index is 296. The molecule has 0 aliphatic rings. The normalized spacial score (nSPS) is 15.0. The maximum absolute atomic E-state index is 4.71. The van der Waals surface area contributed by atoms with E-state index in [0.29, 0.717) is 12.0 Å². The van der Waals surface area contributed by atoms with Gasteiger partial charge in [-0.2, -0.15) is 0 Å². The number of hydrogen-bond acceptors (Lipinski definition) is 3. The van der Waals surface area contributed by atoms with E-state index < -0.39 is 0 Å². The molecule has 0 spiro atoms. The van der Waals surface area contributed by atoms with Crippen LogP contribution in [0.25, 0.3) is 0 Å². The fraction of sp³-hybridized carbons (Fsp3) is 0.769. The van der Waals surface area contributed by atoms with Crippen molar-refractivity contribution in [3.8, 4) is 0 Å². The molecule has 2 unspecified atom stereocenters. The van der Waals surface area contributed by atoms with Gasteiger partial charge in [0.15, 0.2) is 0 Å². The average molecular weight is 240 g/mol. The molecule has 0 fully saturated rings. The number of hydrogen-bond donors (Lipinski definition) is 1. The quantitative estimate of drug-likeness (QED) is 0.788. The highest BCUT2D eigenvalue weighted by molar-refractivity contribution is 7.09. The Morgan fingerprint density at radius 2 is 2.12 bits per heavy atom. The highest BCUT2D eigenvalue weighted by atomic mass is 32.1. The largest absolute Gasteiger partial charge is 0.314 e. The first-order valence-corrected chi connectivity index (χ1v) is 7.28. The lowest BCUT2D eigenvalue weighted by Crippen LogP contribution is -2.32. The summed E-state index contributed by atoms with van der Waals surface area (Å²) in [5, 5.41) is 7.08. The number of nitrogens with zero attached hydrogens (tertiary/aromatic N) is 1. The number of rotatable bonds is 7. The third kappa shape index (κ3) is 3.56. The van der Waals surface area contributed by atoms with Gasteiger partial charge in [0.2, 0.25) is 0 Å². The molecule has 0 saturated carbocycles. The van der Waals surface area contributed by atoms with E-state index in [0.717, 1.165) is 19.4 Å². The molecule has 1 aromatic heterocycles. The summed E-state index contributed by atoms with van der Waals surface area (Å²) in [6.07, 6.45) is 3.40. The first-order chi connectivity index (χ1) is 7.72. The van der Waals surface area contributed by atoms with Gasteiger partial charge in [0.05, 0.1) is 10.7 Å². The molecule has 2 atom stereocenters. The molecule has 3 heteroatoms. The summed E-state index contributed by atoms with van der Waals surface area (Å²) in [5.74, 6) is 0.567. The third-order valence-electron chi connectivity index (χ3n) is 3.01. The molecule has 1 N–H and O–H groups in total. The van der Waals surface area contributed by atoms with Crippen LogP contribution in [-0.2, 0) is 6.42 Å². The van der Waals surface area contributed by atoms with Crippen LogP contribution in [0.4, 0.5) is 0 Å². The second-order valence-electron chi connectivity index (χ2n) is 4.29. The molecule has 1 rings (SSSR count). The van der Waals surface area contributed by atoms with Crippen LogP contribution < -0.4 is 5.32 Å².